The van der Waals surface area contributed by atoms with Crippen LogP contribution in [-0.2, 0) is 9.53 Å². The molecular formula is C20H16N2O4. The van der Waals surface area contributed by atoms with Gasteiger partial charge in [0, 0.05) is 22.8 Å². The monoisotopic (exact) mass is 348 g/mol. The Kier molecular flexibility index (Phi) is 5.03. The lowest BCUT2D eigenvalue weighted by Gasteiger charge is -2.08. The molecule has 1 amide bonds. The first-order valence-corrected chi connectivity index (χ1v) is 7.96. The number of nitrogens with one attached hydrogen (secondary N) is 1. The van der Waals surface area contributed by atoms with Crippen molar-refractivity contribution < 1.29 is 19.1 Å². The lowest BCUT2D eigenvalue weighted by atomic mass is 10.1. The van der Waals surface area contributed by atoms with Crippen molar-refractivity contribution in [3.8, 4) is 0 Å². The fourth-order valence-corrected chi connectivity index (χ4v) is 2.47. The van der Waals surface area contributed by atoms with Gasteiger partial charge in [0.05, 0.1) is 0 Å². The van der Waals surface area contributed by atoms with Gasteiger partial charge < -0.3 is 10.1 Å². The number of nitrogens with zero attached hydrogens (tertiary/aromatic N) is 1. The number of pyridine rings is 1. The van der Waals surface area contributed by atoms with Gasteiger partial charge in [-0.1, -0.05) is 24.3 Å². The number of Topliss-reactive ketones (excluding diaryl/α,β-unsaturated/α-hetero) is 1. The van der Waals surface area contributed by atoms with Gasteiger partial charge >= 0.3 is 5.97 Å². The summed E-state index contributed by atoms with van der Waals surface area (Å²) in [5.74, 6) is -1.20. The molecule has 3 aromatic rings. The minimum atomic E-state index is -0.663. The van der Waals surface area contributed by atoms with Crippen LogP contribution in [0, 0.1) is 0 Å². The van der Waals surface area contributed by atoms with E-state index in [1.165, 1.54) is 13.1 Å². The van der Waals surface area contributed by atoms with E-state index in [1.54, 1.807) is 42.5 Å². The van der Waals surface area contributed by atoms with Crippen molar-refractivity contribution in [1.82, 2.24) is 4.98 Å². The van der Waals surface area contributed by atoms with Crippen molar-refractivity contribution in [2.24, 2.45) is 0 Å². The molecule has 6 heteroatoms. The summed E-state index contributed by atoms with van der Waals surface area (Å²) in [4.78, 5) is 39.5. The summed E-state index contributed by atoms with van der Waals surface area (Å²) in [6.45, 7) is 1.03. The second-order valence-electron chi connectivity index (χ2n) is 5.64. The van der Waals surface area contributed by atoms with E-state index in [0.29, 0.717) is 16.6 Å². The molecule has 1 heterocycles. The number of hydrogen-bond acceptors (Lipinski definition) is 5. The quantitative estimate of drug-likeness (QED) is 0.565. The van der Waals surface area contributed by atoms with E-state index in [4.69, 9.17) is 4.74 Å². The highest BCUT2D eigenvalue weighted by Crippen LogP contribution is 2.17. The van der Waals surface area contributed by atoms with Gasteiger partial charge in [0.2, 0.25) is 0 Å². The molecule has 130 valence electrons. The Bertz CT molecular complexity index is 975. The van der Waals surface area contributed by atoms with Crippen LogP contribution in [0.4, 0.5) is 5.69 Å². The number of amides is 1. The number of benzene rings is 2. The Balaban J connectivity index is 1.62. The maximum Gasteiger partial charge on any atom is 0.358 e. The normalized spacial score (nSPS) is 10.3. The number of hydrogen-bond donors (Lipinski definition) is 1. The van der Waals surface area contributed by atoms with E-state index < -0.39 is 18.5 Å². The minimum Gasteiger partial charge on any atom is -0.451 e. The van der Waals surface area contributed by atoms with Crippen molar-refractivity contribution in [1.29, 1.82) is 0 Å². The van der Waals surface area contributed by atoms with Crippen molar-refractivity contribution >= 4 is 34.1 Å². The fraction of sp³-hybridized carbons (Fsp3) is 0.100. The van der Waals surface area contributed by atoms with E-state index in [-0.39, 0.29) is 11.5 Å². The Labute approximate surface area is 149 Å². The average molecular weight is 348 g/mol. The molecule has 0 atom stereocenters. The molecule has 0 aliphatic heterocycles. The highest BCUT2D eigenvalue weighted by Gasteiger charge is 2.15. The second kappa shape index (κ2) is 7.57. The van der Waals surface area contributed by atoms with Crippen molar-refractivity contribution in [3.63, 3.8) is 0 Å². The molecule has 0 saturated carbocycles. The number of aromatic nitrogens is 1. The zero-order chi connectivity index (χ0) is 18.5. The third-order valence-electron chi connectivity index (χ3n) is 3.78. The molecule has 2 aromatic carbocycles. The predicted octanol–water partition coefficient (Wildman–Crippen LogP) is 3.23. The first-order chi connectivity index (χ1) is 12.5. The third-order valence-corrected chi connectivity index (χ3v) is 3.78. The molecule has 0 saturated heterocycles. The van der Waals surface area contributed by atoms with Crippen LogP contribution in [0.2, 0.25) is 0 Å². The van der Waals surface area contributed by atoms with Gasteiger partial charge in [-0.05, 0) is 42.6 Å². The van der Waals surface area contributed by atoms with Gasteiger partial charge in [0.1, 0.15) is 0 Å². The number of esters is 1. The molecular weight excluding hydrogens is 332 g/mol. The molecule has 0 aliphatic carbocycles. The molecule has 26 heavy (non-hydrogen) atoms. The predicted molar refractivity (Wildman–Crippen MR) is 97.1 cm³/mol. The molecule has 0 bridgehead atoms. The molecule has 1 aromatic heterocycles. The van der Waals surface area contributed by atoms with Crippen LogP contribution < -0.4 is 5.32 Å². The molecule has 0 spiro atoms. The van der Waals surface area contributed by atoms with Gasteiger partial charge in [-0.3, -0.25) is 9.59 Å². The summed E-state index contributed by atoms with van der Waals surface area (Å²) in [5.41, 5.74) is 1.23. The van der Waals surface area contributed by atoms with E-state index in [0.717, 1.165) is 5.39 Å². The maximum atomic E-state index is 12.2. The average Bonchev–Trinajstić information content (AvgIpc) is 2.66. The van der Waals surface area contributed by atoms with Crippen LogP contribution >= 0.6 is 0 Å². The van der Waals surface area contributed by atoms with E-state index in [2.05, 4.69) is 10.3 Å². The summed E-state index contributed by atoms with van der Waals surface area (Å²) < 4.78 is 5.06. The molecule has 0 unspecified atom stereocenters. The second-order valence-corrected chi connectivity index (χ2v) is 5.64. The van der Waals surface area contributed by atoms with Gasteiger partial charge in [-0.2, -0.15) is 0 Å². The fourth-order valence-electron chi connectivity index (χ4n) is 2.47. The third kappa shape index (κ3) is 3.92. The SMILES string of the molecule is CC(=O)c1ccc(NC(=O)COC(=O)c2nccc3ccccc23)cc1. The van der Waals surface area contributed by atoms with E-state index in [1.807, 2.05) is 12.1 Å². The summed E-state index contributed by atoms with van der Waals surface area (Å²) in [5, 5.41) is 4.14. The number of carbonyl (C=O) groups excluding carboxylic acids is 3. The summed E-state index contributed by atoms with van der Waals surface area (Å²) in [6, 6.07) is 15.6. The standard InChI is InChI=1S/C20H16N2O4/c1-13(23)14-6-8-16(9-7-14)22-18(24)12-26-20(25)19-17-5-3-2-4-15(17)10-11-21-19/h2-11H,12H2,1H3,(H,22,24). The summed E-state index contributed by atoms with van der Waals surface area (Å²) >= 11 is 0. The molecule has 0 fully saturated rings. The number of ketones is 1. The van der Waals surface area contributed by atoms with Gasteiger partial charge in [0.15, 0.2) is 18.1 Å². The topological polar surface area (TPSA) is 85.4 Å². The Morgan fingerprint density at radius 2 is 1.73 bits per heavy atom. The van der Waals surface area contributed by atoms with E-state index in [9.17, 15) is 14.4 Å². The van der Waals surface area contributed by atoms with Gasteiger partial charge in [-0.25, -0.2) is 9.78 Å². The number of rotatable bonds is 5. The number of fused-ring (bicyclic) bond motifs is 1. The zero-order valence-electron chi connectivity index (χ0n) is 14.1. The smallest absolute Gasteiger partial charge is 0.358 e. The van der Waals surface area contributed by atoms with Gasteiger partial charge in [0.25, 0.3) is 5.91 Å². The van der Waals surface area contributed by atoms with Crippen molar-refractivity contribution in [2.75, 3.05) is 11.9 Å². The zero-order valence-corrected chi connectivity index (χ0v) is 14.1. The first kappa shape index (κ1) is 17.3. The van der Waals surface area contributed by atoms with Crippen LogP contribution in [0.25, 0.3) is 10.8 Å². The molecule has 0 radical (unpaired) electrons. The van der Waals surface area contributed by atoms with E-state index >= 15 is 0 Å². The summed E-state index contributed by atoms with van der Waals surface area (Å²) in [6.07, 6.45) is 1.52. The molecule has 0 aliphatic rings. The first-order valence-electron chi connectivity index (χ1n) is 7.96. The van der Waals surface area contributed by atoms with Crippen LogP contribution in [0.3, 0.4) is 0 Å². The Hall–Kier alpha value is -3.54. The largest absolute Gasteiger partial charge is 0.451 e. The molecule has 3 rings (SSSR count). The van der Waals surface area contributed by atoms with Crippen LogP contribution in [0.15, 0.2) is 60.8 Å². The van der Waals surface area contributed by atoms with Crippen molar-refractivity contribution in [3.05, 3.63) is 72.1 Å². The molecule has 1 N–H and O–H groups in total. The van der Waals surface area contributed by atoms with Crippen LogP contribution in [0.1, 0.15) is 27.8 Å². The van der Waals surface area contributed by atoms with Crippen LogP contribution in [-0.4, -0.2) is 29.3 Å². The maximum absolute atomic E-state index is 12.2. The highest BCUT2D eigenvalue weighted by atomic mass is 16.5. The van der Waals surface area contributed by atoms with Crippen LogP contribution in [0.5, 0.6) is 0 Å². The number of anilines is 1. The lowest BCUT2D eigenvalue weighted by molar-refractivity contribution is -0.119. The Morgan fingerprint density at radius 3 is 2.46 bits per heavy atom. The number of ether oxygens (including phenoxy) is 1. The highest BCUT2D eigenvalue weighted by molar-refractivity contribution is 6.03. The number of carbonyl (C=O) groups is 3. The Morgan fingerprint density at radius 1 is 1.00 bits per heavy atom. The minimum absolute atomic E-state index is 0.0561. The van der Waals surface area contributed by atoms with Gasteiger partial charge in [-0.15, -0.1) is 0 Å². The molecule has 6 nitrogen and oxygen atoms in total. The van der Waals surface area contributed by atoms with Crippen molar-refractivity contribution in [2.45, 2.75) is 6.92 Å². The lowest BCUT2D eigenvalue weighted by Crippen LogP contribution is -2.21. The summed E-state index contributed by atoms with van der Waals surface area (Å²) in [7, 11) is 0.